The normalized spacial score (nSPS) is 10.2. The second kappa shape index (κ2) is 6.75. The summed E-state index contributed by atoms with van der Waals surface area (Å²) in [6.45, 7) is 0.594. The standard InChI is InChI=1S/C12H13ClN4O2/c13-9-3-1-2-4-10(9)19-6-5-12(18)14-7-11-15-8-16-17-11/h1-4,8H,5-7H2,(H,14,18)(H,15,16,17). The summed E-state index contributed by atoms with van der Waals surface area (Å²) >= 11 is 5.92. The molecule has 2 N–H and O–H groups in total. The van der Waals surface area contributed by atoms with E-state index in [0.29, 0.717) is 23.1 Å². The molecule has 1 aromatic heterocycles. The number of aromatic amines is 1. The maximum absolute atomic E-state index is 11.5. The van der Waals surface area contributed by atoms with Gasteiger partial charge in [0, 0.05) is 0 Å². The molecule has 0 aliphatic heterocycles. The summed E-state index contributed by atoms with van der Waals surface area (Å²) in [5, 5.41) is 9.57. The van der Waals surface area contributed by atoms with E-state index in [-0.39, 0.29) is 18.9 Å². The molecule has 1 aromatic carbocycles. The van der Waals surface area contributed by atoms with Gasteiger partial charge < -0.3 is 10.1 Å². The lowest BCUT2D eigenvalue weighted by Gasteiger charge is -2.07. The highest BCUT2D eigenvalue weighted by atomic mass is 35.5. The van der Waals surface area contributed by atoms with Crippen LogP contribution in [0.1, 0.15) is 12.2 Å². The van der Waals surface area contributed by atoms with E-state index in [9.17, 15) is 4.79 Å². The van der Waals surface area contributed by atoms with Gasteiger partial charge in [0.05, 0.1) is 24.6 Å². The predicted molar refractivity (Wildman–Crippen MR) is 69.8 cm³/mol. The minimum absolute atomic E-state index is 0.122. The van der Waals surface area contributed by atoms with Gasteiger partial charge in [-0.15, -0.1) is 0 Å². The Labute approximate surface area is 115 Å². The average molecular weight is 281 g/mol. The van der Waals surface area contributed by atoms with E-state index in [1.54, 1.807) is 12.1 Å². The maximum Gasteiger partial charge on any atom is 0.223 e. The van der Waals surface area contributed by atoms with Crippen molar-refractivity contribution in [1.82, 2.24) is 20.5 Å². The topological polar surface area (TPSA) is 79.9 Å². The van der Waals surface area contributed by atoms with E-state index in [0.717, 1.165) is 0 Å². The third-order valence-electron chi connectivity index (χ3n) is 2.34. The van der Waals surface area contributed by atoms with Crippen LogP contribution in [0.5, 0.6) is 5.75 Å². The smallest absolute Gasteiger partial charge is 0.223 e. The van der Waals surface area contributed by atoms with Gasteiger partial charge in [-0.1, -0.05) is 23.7 Å². The van der Waals surface area contributed by atoms with E-state index in [1.165, 1.54) is 6.33 Å². The highest BCUT2D eigenvalue weighted by Crippen LogP contribution is 2.22. The molecule has 19 heavy (non-hydrogen) atoms. The van der Waals surface area contributed by atoms with Crippen LogP contribution >= 0.6 is 11.6 Å². The van der Waals surface area contributed by atoms with Crippen molar-refractivity contribution in [3.05, 3.63) is 41.4 Å². The number of benzene rings is 1. The van der Waals surface area contributed by atoms with Crippen LogP contribution in [0.25, 0.3) is 0 Å². The van der Waals surface area contributed by atoms with E-state index in [2.05, 4.69) is 20.5 Å². The summed E-state index contributed by atoms with van der Waals surface area (Å²) in [6, 6.07) is 7.14. The molecule has 2 aromatic rings. The third-order valence-corrected chi connectivity index (χ3v) is 2.65. The van der Waals surface area contributed by atoms with Crippen molar-refractivity contribution in [1.29, 1.82) is 0 Å². The second-order valence-corrected chi connectivity index (χ2v) is 4.14. The van der Waals surface area contributed by atoms with E-state index in [4.69, 9.17) is 16.3 Å². The molecular formula is C12H13ClN4O2. The molecule has 0 aliphatic carbocycles. The summed E-state index contributed by atoms with van der Waals surface area (Å²) in [4.78, 5) is 15.4. The number of H-pyrrole nitrogens is 1. The fourth-order valence-electron chi connectivity index (χ4n) is 1.40. The quantitative estimate of drug-likeness (QED) is 0.841. The van der Waals surface area contributed by atoms with Crippen molar-refractivity contribution in [2.45, 2.75) is 13.0 Å². The highest BCUT2D eigenvalue weighted by molar-refractivity contribution is 6.32. The largest absolute Gasteiger partial charge is 0.491 e. The molecule has 7 heteroatoms. The van der Waals surface area contributed by atoms with Gasteiger partial charge >= 0.3 is 0 Å². The van der Waals surface area contributed by atoms with Crippen LogP contribution in [0.3, 0.4) is 0 Å². The summed E-state index contributed by atoms with van der Waals surface area (Å²) < 4.78 is 5.42. The molecule has 0 fully saturated rings. The molecule has 0 saturated heterocycles. The number of hydrogen-bond acceptors (Lipinski definition) is 4. The molecule has 1 amide bonds. The number of amides is 1. The van der Waals surface area contributed by atoms with Crippen LogP contribution in [-0.4, -0.2) is 27.7 Å². The summed E-state index contributed by atoms with van der Waals surface area (Å²) in [7, 11) is 0. The lowest BCUT2D eigenvalue weighted by molar-refractivity contribution is -0.121. The first-order valence-electron chi connectivity index (χ1n) is 5.74. The Morgan fingerprint density at radius 3 is 3.00 bits per heavy atom. The Morgan fingerprint density at radius 2 is 2.26 bits per heavy atom. The van der Waals surface area contributed by atoms with Gasteiger partial charge in [-0.05, 0) is 12.1 Å². The Bertz CT molecular complexity index is 530. The minimum atomic E-state index is -0.122. The number of nitrogens with zero attached hydrogens (tertiary/aromatic N) is 2. The van der Waals surface area contributed by atoms with Crippen molar-refractivity contribution in [3.63, 3.8) is 0 Å². The first kappa shape index (κ1) is 13.4. The Morgan fingerprint density at radius 1 is 1.42 bits per heavy atom. The number of rotatable bonds is 6. The molecular weight excluding hydrogens is 268 g/mol. The lowest BCUT2D eigenvalue weighted by Crippen LogP contribution is -2.25. The zero-order valence-electron chi connectivity index (χ0n) is 10.1. The summed E-state index contributed by atoms with van der Waals surface area (Å²) in [5.41, 5.74) is 0. The highest BCUT2D eigenvalue weighted by Gasteiger charge is 2.04. The lowest BCUT2D eigenvalue weighted by atomic mass is 10.3. The molecule has 2 rings (SSSR count). The Kier molecular flexibility index (Phi) is 4.74. The zero-order chi connectivity index (χ0) is 13.5. The van der Waals surface area contributed by atoms with Crippen molar-refractivity contribution >= 4 is 17.5 Å². The van der Waals surface area contributed by atoms with Crippen LogP contribution < -0.4 is 10.1 Å². The molecule has 100 valence electrons. The number of aromatic nitrogens is 3. The fourth-order valence-corrected chi connectivity index (χ4v) is 1.59. The minimum Gasteiger partial charge on any atom is -0.491 e. The number of hydrogen-bond donors (Lipinski definition) is 2. The fraction of sp³-hybridized carbons (Fsp3) is 0.250. The van der Waals surface area contributed by atoms with E-state index >= 15 is 0 Å². The van der Waals surface area contributed by atoms with Crippen LogP contribution in [0.15, 0.2) is 30.6 Å². The van der Waals surface area contributed by atoms with Crippen LogP contribution in [0.4, 0.5) is 0 Å². The molecule has 0 spiro atoms. The van der Waals surface area contributed by atoms with Gasteiger partial charge in [0.15, 0.2) is 0 Å². The van der Waals surface area contributed by atoms with Crippen LogP contribution in [0.2, 0.25) is 5.02 Å². The first-order valence-corrected chi connectivity index (χ1v) is 6.12. The van der Waals surface area contributed by atoms with Crippen molar-refractivity contribution in [2.75, 3.05) is 6.61 Å². The summed E-state index contributed by atoms with van der Waals surface area (Å²) in [6.07, 6.45) is 1.64. The van der Waals surface area contributed by atoms with Gasteiger partial charge in [0.25, 0.3) is 0 Å². The molecule has 0 radical (unpaired) electrons. The molecule has 1 heterocycles. The van der Waals surface area contributed by atoms with Crippen LogP contribution in [0, 0.1) is 0 Å². The monoisotopic (exact) mass is 280 g/mol. The number of ether oxygens (including phenoxy) is 1. The van der Waals surface area contributed by atoms with Gasteiger partial charge in [-0.25, -0.2) is 4.98 Å². The van der Waals surface area contributed by atoms with Gasteiger partial charge in [-0.3, -0.25) is 9.89 Å². The molecule has 0 unspecified atom stereocenters. The average Bonchev–Trinajstić information content (AvgIpc) is 2.92. The number of nitrogens with one attached hydrogen (secondary N) is 2. The SMILES string of the molecule is O=C(CCOc1ccccc1Cl)NCc1ncn[nH]1. The molecule has 0 atom stereocenters. The second-order valence-electron chi connectivity index (χ2n) is 3.74. The van der Waals surface area contributed by atoms with Crippen LogP contribution in [-0.2, 0) is 11.3 Å². The maximum atomic E-state index is 11.5. The van der Waals surface area contributed by atoms with Gasteiger partial charge in [0.1, 0.15) is 17.9 Å². The van der Waals surface area contributed by atoms with E-state index in [1.807, 2.05) is 12.1 Å². The zero-order valence-corrected chi connectivity index (χ0v) is 10.9. The molecule has 0 bridgehead atoms. The number of carbonyl (C=O) groups is 1. The van der Waals surface area contributed by atoms with E-state index < -0.39 is 0 Å². The number of carbonyl (C=O) groups excluding carboxylic acids is 1. The van der Waals surface area contributed by atoms with Gasteiger partial charge in [-0.2, -0.15) is 5.10 Å². The Hall–Kier alpha value is -2.08. The third kappa shape index (κ3) is 4.26. The molecule has 0 aliphatic rings. The number of halogens is 1. The van der Waals surface area contributed by atoms with Gasteiger partial charge in [0.2, 0.25) is 5.91 Å². The van der Waals surface area contributed by atoms with Crippen molar-refractivity contribution in [3.8, 4) is 5.75 Å². The predicted octanol–water partition coefficient (Wildman–Crippen LogP) is 1.54. The molecule has 0 saturated carbocycles. The van der Waals surface area contributed by atoms with Crippen molar-refractivity contribution < 1.29 is 9.53 Å². The van der Waals surface area contributed by atoms with Crippen molar-refractivity contribution in [2.24, 2.45) is 0 Å². The summed E-state index contributed by atoms with van der Waals surface area (Å²) in [5.74, 6) is 1.07. The number of para-hydroxylation sites is 1. The first-order chi connectivity index (χ1) is 9.25. The molecule has 6 nitrogen and oxygen atoms in total. The Balaban J connectivity index is 1.68.